The van der Waals surface area contributed by atoms with E-state index in [1.165, 1.54) is 5.56 Å². The molecule has 0 saturated carbocycles. The van der Waals surface area contributed by atoms with Crippen LogP contribution in [0.15, 0.2) is 79.1 Å². The Morgan fingerprint density at radius 1 is 0.880 bits per heavy atom. The summed E-state index contributed by atoms with van der Waals surface area (Å²) < 4.78 is 1.73. The number of aromatic nitrogens is 4. The molecule has 5 heteroatoms. The molecule has 2 aromatic carbocycles. The first-order valence-corrected chi connectivity index (χ1v) is 8.06. The molecule has 4 aromatic rings. The molecule has 0 spiro atoms. The number of anilines is 2. The van der Waals surface area contributed by atoms with Crippen molar-refractivity contribution >= 4 is 11.5 Å². The van der Waals surface area contributed by atoms with Gasteiger partial charge in [0, 0.05) is 29.7 Å². The van der Waals surface area contributed by atoms with Crippen LogP contribution in [0.2, 0.25) is 0 Å². The van der Waals surface area contributed by atoms with Gasteiger partial charge in [0.1, 0.15) is 5.82 Å². The maximum atomic E-state index is 4.67. The lowest BCUT2D eigenvalue weighted by molar-refractivity contribution is 0.842. The van der Waals surface area contributed by atoms with Crippen molar-refractivity contribution in [3.8, 4) is 17.2 Å². The van der Waals surface area contributed by atoms with Crippen LogP contribution >= 0.6 is 0 Å². The van der Waals surface area contributed by atoms with Crippen LogP contribution in [0, 0.1) is 6.92 Å². The normalized spacial score (nSPS) is 10.6. The van der Waals surface area contributed by atoms with Gasteiger partial charge in [0.05, 0.1) is 0 Å². The summed E-state index contributed by atoms with van der Waals surface area (Å²) in [5, 5.41) is 7.63. The number of hydrogen-bond donors (Lipinski definition) is 1. The summed E-state index contributed by atoms with van der Waals surface area (Å²) in [5.41, 5.74) is 3.16. The molecule has 0 amide bonds. The van der Waals surface area contributed by atoms with Crippen molar-refractivity contribution in [1.82, 2.24) is 19.7 Å². The number of benzene rings is 2. The van der Waals surface area contributed by atoms with Crippen molar-refractivity contribution in [2.75, 3.05) is 5.32 Å². The van der Waals surface area contributed by atoms with Gasteiger partial charge in [-0.05, 0) is 25.1 Å². The Bertz CT molecular complexity index is 961. The average Bonchev–Trinajstić information content (AvgIpc) is 3.19. The summed E-state index contributed by atoms with van der Waals surface area (Å²) in [6, 6.07) is 21.9. The van der Waals surface area contributed by atoms with E-state index in [1.54, 1.807) is 10.9 Å². The van der Waals surface area contributed by atoms with Gasteiger partial charge in [-0.15, -0.1) is 0 Å². The molecule has 0 bridgehead atoms. The van der Waals surface area contributed by atoms with E-state index in [2.05, 4.69) is 39.4 Å². The highest BCUT2D eigenvalue weighted by molar-refractivity contribution is 5.63. The maximum Gasteiger partial charge on any atom is 0.163 e. The van der Waals surface area contributed by atoms with E-state index in [0.717, 1.165) is 17.1 Å². The predicted molar refractivity (Wildman–Crippen MR) is 99.1 cm³/mol. The van der Waals surface area contributed by atoms with Crippen molar-refractivity contribution in [2.45, 2.75) is 6.92 Å². The van der Waals surface area contributed by atoms with Crippen LogP contribution in [0.25, 0.3) is 17.2 Å². The molecule has 0 aliphatic rings. The molecular formula is C20H17N5. The molecular weight excluding hydrogens is 310 g/mol. The highest BCUT2D eigenvalue weighted by Gasteiger charge is 2.09. The van der Waals surface area contributed by atoms with Crippen molar-refractivity contribution < 1.29 is 0 Å². The zero-order valence-corrected chi connectivity index (χ0v) is 13.8. The van der Waals surface area contributed by atoms with Crippen molar-refractivity contribution in [1.29, 1.82) is 0 Å². The Hall–Kier alpha value is -3.47. The van der Waals surface area contributed by atoms with E-state index >= 15 is 0 Å². The lowest BCUT2D eigenvalue weighted by Crippen LogP contribution is -2.04. The fourth-order valence-electron chi connectivity index (χ4n) is 2.52. The molecule has 0 radical (unpaired) electrons. The second kappa shape index (κ2) is 6.57. The van der Waals surface area contributed by atoms with Gasteiger partial charge >= 0.3 is 0 Å². The summed E-state index contributed by atoms with van der Waals surface area (Å²) in [6.45, 7) is 2.07. The van der Waals surface area contributed by atoms with Gasteiger partial charge in [-0.1, -0.05) is 48.0 Å². The number of rotatable bonds is 4. The van der Waals surface area contributed by atoms with Crippen LogP contribution in [0.1, 0.15) is 5.56 Å². The quantitative estimate of drug-likeness (QED) is 0.604. The Kier molecular flexibility index (Phi) is 3.96. The molecule has 2 heterocycles. The molecule has 0 unspecified atom stereocenters. The van der Waals surface area contributed by atoms with E-state index in [1.807, 2.05) is 60.8 Å². The van der Waals surface area contributed by atoms with Crippen molar-refractivity contribution in [3.05, 3.63) is 84.7 Å². The number of aryl methyl sites for hydroxylation is 1. The summed E-state index contributed by atoms with van der Waals surface area (Å²) in [6.07, 6.45) is 3.60. The summed E-state index contributed by atoms with van der Waals surface area (Å²) in [7, 11) is 0. The Morgan fingerprint density at radius 2 is 1.68 bits per heavy atom. The van der Waals surface area contributed by atoms with E-state index < -0.39 is 0 Å². The van der Waals surface area contributed by atoms with Crippen molar-refractivity contribution in [2.24, 2.45) is 0 Å². The lowest BCUT2D eigenvalue weighted by atomic mass is 10.2. The fraction of sp³-hybridized carbons (Fsp3) is 0.0500. The summed E-state index contributed by atoms with van der Waals surface area (Å²) in [4.78, 5) is 9.32. The van der Waals surface area contributed by atoms with Crippen LogP contribution in [0.4, 0.5) is 11.5 Å². The monoisotopic (exact) mass is 327 g/mol. The zero-order chi connectivity index (χ0) is 17.1. The second-order valence-corrected chi connectivity index (χ2v) is 5.74. The second-order valence-electron chi connectivity index (χ2n) is 5.74. The highest BCUT2D eigenvalue weighted by Crippen LogP contribution is 2.22. The first-order chi connectivity index (χ1) is 12.3. The van der Waals surface area contributed by atoms with Crippen LogP contribution in [0.3, 0.4) is 0 Å². The molecule has 5 nitrogen and oxygen atoms in total. The van der Waals surface area contributed by atoms with E-state index in [-0.39, 0.29) is 0 Å². The molecule has 0 aliphatic carbocycles. The molecule has 0 atom stereocenters. The third-order valence-electron chi connectivity index (χ3n) is 3.81. The minimum Gasteiger partial charge on any atom is -0.340 e. The molecule has 0 saturated heterocycles. The first-order valence-electron chi connectivity index (χ1n) is 8.06. The predicted octanol–water partition coefficient (Wildman–Crippen LogP) is 4.38. The standard InChI is InChI=1S/C20H17N5/c1-15-8-10-17(11-9-15)22-18-14-19(25-13-5-12-21-25)24-20(23-18)16-6-3-2-4-7-16/h2-14H,1H3,(H,22,23,24). The van der Waals surface area contributed by atoms with Gasteiger partial charge in [0.2, 0.25) is 0 Å². The Balaban J connectivity index is 1.77. The molecule has 0 aliphatic heterocycles. The number of nitrogens with zero attached hydrogens (tertiary/aromatic N) is 4. The SMILES string of the molecule is Cc1ccc(Nc2cc(-n3cccn3)nc(-c3ccccc3)n2)cc1. The number of nitrogens with one attached hydrogen (secondary N) is 1. The molecule has 122 valence electrons. The topological polar surface area (TPSA) is 55.6 Å². The van der Waals surface area contributed by atoms with Gasteiger partial charge in [-0.3, -0.25) is 0 Å². The lowest BCUT2D eigenvalue weighted by Gasteiger charge is -2.10. The van der Waals surface area contributed by atoms with E-state index in [9.17, 15) is 0 Å². The van der Waals surface area contributed by atoms with Crippen LogP contribution in [0.5, 0.6) is 0 Å². The highest BCUT2D eigenvalue weighted by atomic mass is 15.3. The zero-order valence-electron chi connectivity index (χ0n) is 13.8. The van der Waals surface area contributed by atoms with Crippen LogP contribution in [-0.4, -0.2) is 19.7 Å². The summed E-state index contributed by atoms with van der Waals surface area (Å²) in [5.74, 6) is 2.10. The summed E-state index contributed by atoms with van der Waals surface area (Å²) >= 11 is 0. The average molecular weight is 327 g/mol. The minimum absolute atomic E-state index is 0.656. The largest absolute Gasteiger partial charge is 0.340 e. The Morgan fingerprint density at radius 3 is 2.40 bits per heavy atom. The van der Waals surface area contributed by atoms with Crippen LogP contribution < -0.4 is 5.32 Å². The molecule has 2 aromatic heterocycles. The van der Waals surface area contributed by atoms with Gasteiger partial charge < -0.3 is 5.32 Å². The van der Waals surface area contributed by atoms with Gasteiger partial charge in [-0.25, -0.2) is 14.6 Å². The minimum atomic E-state index is 0.656. The van der Waals surface area contributed by atoms with E-state index in [0.29, 0.717) is 11.6 Å². The van der Waals surface area contributed by atoms with Crippen LogP contribution in [-0.2, 0) is 0 Å². The third kappa shape index (κ3) is 3.40. The van der Waals surface area contributed by atoms with E-state index in [4.69, 9.17) is 0 Å². The molecule has 25 heavy (non-hydrogen) atoms. The fourth-order valence-corrected chi connectivity index (χ4v) is 2.52. The first kappa shape index (κ1) is 15.1. The molecule has 0 fully saturated rings. The van der Waals surface area contributed by atoms with Gasteiger partial charge in [0.15, 0.2) is 11.6 Å². The third-order valence-corrected chi connectivity index (χ3v) is 3.81. The maximum absolute atomic E-state index is 4.67. The van der Waals surface area contributed by atoms with Gasteiger partial charge in [-0.2, -0.15) is 5.10 Å². The number of hydrogen-bond acceptors (Lipinski definition) is 4. The molecule has 4 rings (SSSR count). The van der Waals surface area contributed by atoms with Gasteiger partial charge in [0.25, 0.3) is 0 Å². The Labute approximate surface area is 146 Å². The van der Waals surface area contributed by atoms with Crippen molar-refractivity contribution in [3.63, 3.8) is 0 Å². The molecule has 1 N–H and O–H groups in total. The smallest absolute Gasteiger partial charge is 0.163 e.